The molecule has 6 nitrogen and oxygen atoms in total. The largest absolute Gasteiger partial charge is 0.504 e. The molecule has 5 N–H and O–H groups in total. The summed E-state index contributed by atoms with van der Waals surface area (Å²) < 4.78 is 0. The monoisotopic (exact) mass is 210 g/mol. The maximum atomic E-state index is 10.7. The third kappa shape index (κ3) is 2.37. The average Bonchev–Trinajstić information content (AvgIpc) is 2.11. The number of carbonyl (C=O) groups excluding carboxylic acids is 1. The first-order valence-corrected chi connectivity index (χ1v) is 4.05. The summed E-state index contributed by atoms with van der Waals surface area (Å²) in [6.45, 7) is 1.24. The molecule has 1 amide bonds. The van der Waals surface area contributed by atoms with Crippen LogP contribution in [0.2, 0.25) is 0 Å². The van der Waals surface area contributed by atoms with Crippen LogP contribution in [0, 0.1) is 0 Å². The Labute approximate surface area is 85.3 Å². The van der Waals surface area contributed by atoms with E-state index >= 15 is 0 Å². The number of nitrogens with two attached hydrogens (primary N) is 1. The zero-order valence-electron chi connectivity index (χ0n) is 7.94. The number of hydrogen-bond donors (Lipinski definition) is 4. The second-order valence-corrected chi connectivity index (χ2v) is 2.95. The number of aromatic carboxylic acids is 1. The molecule has 15 heavy (non-hydrogen) atoms. The molecule has 0 unspecified atom stereocenters. The summed E-state index contributed by atoms with van der Waals surface area (Å²) in [5.41, 5.74) is 5.16. The van der Waals surface area contributed by atoms with Crippen LogP contribution < -0.4 is 11.1 Å². The van der Waals surface area contributed by atoms with Crippen molar-refractivity contribution in [1.82, 2.24) is 0 Å². The number of aromatic hydroxyl groups is 1. The Morgan fingerprint density at radius 3 is 2.47 bits per heavy atom. The maximum Gasteiger partial charge on any atom is 0.335 e. The number of carbonyl (C=O) groups is 2. The fourth-order valence-electron chi connectivity index (χ4n) is 1.07. The predicted molar refractivity (Wildman–Crippen MR) is 53.8 cm³/mol. The lowest BCUT2D eigenvalue weighted by molar-refractivity contribution is -0.114. The van der Waals surface area contributed by atoms with E-state index < -0.39 is 11.9 Å². The molecule has 0 radical (unpaired) electrons. The van der Waals surface area contributed by atoms with Gasteiger partial charge in [0.15, 0.2) is 5.75 Å². The van der Waals surface area contributed by atoms with Crippen LogP contribution in [0.15, 0.2) is 12.1 Å². The van der Waals surface area contributed by atoms with E-state index in [1.807, 2.05) is 0 Å². The van der Waals surface area contributed by atoms with Crippen molar-refractivity contribution in [3.63, 3.8) is 0 Å². The average molecular weight is 210 g/mol. The van der Waals surface area contributed by atoms with Crippen LogP contribution in [0.4, 0.5) is 11.4 Å². The summed E-state index contributed by atoms with van der Waals surface area (Å²) in [5, 5.41) is 20.4. The number of anilines is 2. The highest BCUT2D eigenvalue weighted by molar-refractivity contribution is 5.96. The molecule has 0 bridgehead atoms. The molecule has 0 spiro atoms. The molecule has 0 aromatic heterocycles. The zero-order chi connectivity index (χ0) is 11.6. The van der Waals surface area contributed by atoms with Crippen molar-refractivity contribution < 1.29 is 19.8 Å². The number of nitrogen functional groups attached to an aromatic ring is 1. The third-order valence-electron chi connectivity index (χ3n) is 1.70. The predicted octanol–water partition coefficient (Wildman–Crippen LogP) is 0.631. The van der Waals surface area contributed by atoms with Crippen molar-refractivity contribution in [1.29, 1.82) is 0 Å². The Balaban J connectivity index is 3.24. The Kier molecular flexibility index (Phi) is 2.80. The Bertz CT molecular complexity index is 428. The highest BCUT2D eigenvalue weighted by atomic mass is 16.4. The van der Waals surface area contributed by atoms with Gasteiger partial charge >= 0.3 is 5.97 Å². The molecule has 0 saturated carbocycles. The maximum absolute atomic E-state index is 10.7. The first-order valence-electron chi connectivity index (χ1n) is 4.05. The van der Waals surface area contributed by atoms with E-state index in [4.69, 9.17) is 10.8 Å². The zero-order valence-corrected chi connectivity index (χ0v) is 7.94. The van der Waals surface area contributed by atoms with Gasteiger partial charge in [0, 0.05) is 6.92 Å². The first-order chi connectivity index (χ1) is 6.91. The van der Waals surface area contributed by atoms with Gasteiger partial charge in [-0.25, -0.2) is 4.79 Å². The SMILES string of the molecule is CC(=O)Nc1cc(C(=O)O)cc(N)c1O. The standard InChI is InChI=1S/C9H10N2O4/c1-4(12)11-7-3-5(9(14)15)2-6(10)8(7)13/h2-3,13H,10H2,1H3,(H,11,12)(H,14,15). The van der Waals surface area contributed by atoms with Crippen LogP contribution in [0.5, 0.6) is 5.75 Å². The van der Waals surface area contributed by atoms with Gasteiger partial charge < -0.3 is 21.3 Å². The molecule has 80 valence electrons. The Morgan fingerprint density at radius 1 is 1.40 bits per heavy atom. The number of nitrogens with one attached hydrogen (secondary N) is 1. The number of carboxylic acids is 1. The molecule has 6 heteroatoms. The van der Waals surface area contributed by atoms with Crippen LogP contribution in [-0.4, -0.2) is 22.1 Å². The first kappa shape index (κ1) is 10.8. The molecule has 0 aliphatic rings. The molecule has 0 fully saturated rings. The lowest BCUT2D eigenvalue weighted by atomic mass is 10.1. The van der Waals surface area contributed by atoms with Crippen molar-refractivity contribution in [2.24, 2.45) is 0 Å². The molecule has 1 rings (SSSR count). The fourth-order valence-corrected chi connectivity index (χ4v) is 1.07. The van der Waals surface area contributed by atoms with E-state index in [1.165, 1.54) is 6.92 Å². The van der Waals surface area contributed by atoms with Crippen LogP contribution in [0.3, 0.4) is 0 Å². The van der Waals surface area contributed by atoms with Crippen molar-refractivity contribution in [3.8, 4) is 5.75 Å². The van der Waals surface area contributed by atoms with Crippen molar-refractivity contribution in [2.75, 3.05) is 11.1 Å². The highest BCUT2D eigenvalue weighted by Crippen LogP contribution is 2.31. The molecule has 0 atom stereocenters. The number of phenolic OH excluding ortho intramolecular Hbond substituents is 1. The number of phenols is 1. The van der Waals surface area contributed by atoms with Gasteiger partial charge in [0.1, 0.15) is 0 Å². The van der Waals surface area contributed by atoms with E-state index in [-0.39, 0.29) is 22.7 Å². The van der Waals surface area contributed by atoms with Crippen molar-refractivity contribution in [3.05, 3.63) is 17.7 Å². The molecule has 1 aromatic rings. The minimum atomic E-state index is -1.19. The molecule has 1 aromatic carbocycles. The summed E-state index contributed by atoms with van der Waals surface area (Å²) in [6.07, 6.45) is 0. The second-order valence-electron chi connectivity index (χ2n) is 2.95. The Hall–Kier alpha value is -2.24. The molecule has 0 aliphatic carbocycles. The Morgan fingerprint density at radius 2 is 2.00 bits per heavy atom. The van der Waals surface area contributed by atoms with Crippen LogP contribution >= 0.6 is 0 Å². The molecule has 0 heterocycles. The van der Waals surface area contributed by atoms with Crippen LogP contribution in [-0.2, 0) is 4.79 Å². The van der Waals surface area contributed by atoms with E-state index in [2.05, 4.69) is 5.32 Å². The van der Waals surface area contributed by atoms with Crippen molar-refractivity contribution >= 4 is 23.3 Å². The summed E-state index contributed by atoms with van der Waals surface area (Å²) in [6, 6.07) is 2.25. The number of hydrogen-bond acceptors (Lipinski definition) is 4. The highest BCUT2D eigenvalue weighted by Gasteiger charge is 2.12. The van der Waals surface area contributed by atoms with Gasteiger partial charge in [0.05, 0.1) is 16.9 Å². The summed E-state index contributed by atoms with van der Waals surface area (Å²) in [4.78, 5) is 21.4. The van der Waals surface area contributed by atoms with Crippen molar-refractivity contribution in [2.45, 2.75) is 6.92 Å². The molecular formula is C9H10N2O4. The van der Waals surface area contributed by atoms with Gasteiger partial charge in [0.2, 0.25) is 5.91 Å². The van der Waals surface area contributed by atoms with E-state index in [1.54, 1.807) is 0 Å². The van der Waals surface area contributed by atoms with Gasteiger partial charge in [-0.2, -0.15) is 0 Å². The lowest BCUT2D eigenvalue weighted by Gasteiger charge is -2.08. The fraction of sp³-hybridized carbons (Fsp3) is 0.111. The van der Waals surface area contributed by atoms with Crippen LogP contribution in [0.1, 0.15) is 17.3 Å². The van der Waals surface area contributed by atoms with Gasteiger partial charge in [-0.1, -0.05) is 0 Å². The molecule has 0 saturated heterocycles. The van der Waals surface area contributed by atoms with Gasteiger partial charge in [-0.15, -0.1) is 0 Å². The third-order valence-corrected chi connectivity index (χ3v) is 1.70. The van der Waals surface area contributed by atoms with Gasteiger partial charge in [0.25, 0.3) is 0 Å². The minimum absolute atomic E-state index is 0.0140. The number of benzene rings is 1. The smallest absolute Gasteiger partial charge is 0.335 e. The number of amides is 1. The minimum Gasteiger partial charge on any atom is -0.504 e. The van der Waals surface area contributed by atoms with Gasteiger partial charge in [-0.3, -0.25) is 4.79 Å². The quantitative estimate of drug-likeness (QED) is 0.422. The molecule has 0 aliphatic heterocycles. The molecular weight excluding hydrogens is 200 g/mol. The lowest BCUT2D eigenvalue weighted by Crippen LogP contribution is -2.08. The number of carboxylic acid groups (broad SMARTS) is 1. The number of rotatable bonds is 2. The summed E-state index contributed by atoms with van der Waals surface area (Å²) >= 11 is 0. The van der Waals surface area contributed by atoms with E-state index in [0.29, 0.717) is 0 Å². The second kappa shape index (κ2) is 3.87. The van der Waals surface area contributed by atoms with Crippen LogP contribution in [0.25, 0.3) is 0 Å². The normalized spacial score (nSPS) is 9.67. The topological polar surface area (TPSA) is 113 Å². The van der Waals surface area contributed by atoms with E-state index in [0.717, 1.165) is 12.1 Å². The summed E-state index contributed by atoms with van der Waals surface area (Å²) in [5.74, 6) is -1.95. The van der Waals surface area contributed by atoms with E-state index in [9.17, 15) is 14.7 Å². The summed E-state index contributed by atoms with van der Waals surface area (Å²) in [7, 11) is 0. The van der Waals surface area contributed by atoms with Gasteiger partial charge in [-0.05, 0) is 12.1 Å².